The van der Waals surface area contributed by atoms with Crippen LogP contribution in [0.1, 0.15) is 15.9 Å². The van der Waals surface area contributed by atoms with Crippen molar-refractivity contribution in [1.29, 1.82) is 0 Å². The summed E-state index contributed by atoms with van der Waals surface area (Å²) in [5.41, 5.74) is 1.59. The lowest BCUT2D eigenvalue weighted by Gasteiger charge is -2.23. The van der Waals surface area contributed by atoms with Crippen molar-refractivity contribution in [2.24, 2.45) is 0 Å². The fourth-order valence-electron chi connectivity index (χ4n) is 2.95. The monoisotopic (exact) mass is 442 g/mol. The van der Waals surface area contributed by atoms with Gasteiger partial charge in [0.05, 0.1) is 11.5 Å². The third kappa shape index (κ3) is 6.13. The van der Waals surface area contributed by atoms with Crippen LogP contribution in [-0.2, 0) is 21.3 Å². The molecule has 0 spiro atoms. The Balaban J connectivity index is 1.76. The highest BCUT2D eigenvalue weighted by Gasteiger charge is 2.19. The normalized spacial score (nSPS) is 11.2. The first kappa shape index (κ1) is 22.5. The maximum absolute atomic E-state index is 13.0. The summed E-state index contributed by atoms with van der Waals surface area (Å²) in [4.78, 5) is 14.7. The molecule has 162 valence electrons. The second-order valence-electron chi connectivity index (χ2n) is 6.84. The van der Waals surface area contributed by atoms with Crippen molar-refractivity contribution in [3.05, 3.63) is 95.8 Å². The number of nitrogens with zero attached hydrogens (tertiary/aromatic N) is 1. The first-order valence-corrected chi connectivity index (χ1v) is 11.1. The molecule has 0 radical (unpaired) electrons. The van der Waals surface area contributed by atoms with Gasteiger partial charge < -0.3 is 9.64 Å². The van der Waals surface area contributed by atoms with Crippen molar-refractivity contribution in [1.82, 2.24) is 4.90 Å². The van der Waals surface area contributed by atoms with Crippen LogP contribution in [0.5, 0.6) is 0 Å². The summed E-state index contributed by atoms with van der Waals surface area (Å²) in [5, 5.41) is 0. The van der Waals surface area contributed by atoms with E-state index < -0.39 is 15.8 Å². The number of rotatable bonds is 9. The number of hydrogen-bond donors (Lipinski definition) is 1. The van der Waals surface area contributed by atoms with Crippen molar-refractivity contribution in [3.63, 3.8) is 0 Å². The summed E-state index contributed by atoms with van der Waals surface area (Å²) in [6.45, 7) is 1.19. The topological polar surface area (TPSA) is 75.7 Å². The van der Waals surface area contributed by atoms with E-state index in [9.17, 15) is 17.6 Å². The number of hydrogen-bond acceptors (Lipinski definition) is 4. The molecule has 0 aliphatic rings. The average molecular weight is 443 g/mol. The Bertz CT molecular complexity index is 1100. The number of ether oxygens (including phenoxy) is 1. The molecule has 3 aromatic carbocycles. The molecule has 1 amide bonds. The van der Waals surface area contributed by atoms with Crippen LogP contribution < -0.4 is 4.72 Å². The molecule has 0 unspecified atom stereocenters. The average Bonchev–Trinajstić information content (AvgIpc) is 2.78. The number of halogens is 1. The second-order valence-corrected chi connectivity index (χ2v) is 8.52. The summed E-state index contributed by atoms with van der Waals surface area (Å²) >= 11 is 0. The van der Waals surface area contributed by atoms with Crippen LogP contribution in [0.3, 0.4) is 0 Å². The quantitative estimate of drug-likeness (QED) is 0.545. The Morgan fingerprint density at radius 2 is 1.61 bits per heavy atom. The van der Waals surface area contributed by atoms with Gasteiger partial charge in [0.15, 0.2) is 0 Å². The van der Waals surface area contributed by atoms with Crippen molar-refractivity contribution in [3.8, 4) is 0 Å². The first-order valence-electron chi connectivity index (χ1n) is 9.59. The predicted molar refractivity (Wildman–Crippen MR) is 117 cm³/mol. The van der Waals surface area contributed by atoms with Crippen LogP contribution in [0.25, 0.3) is 0 Å². The summed E-state index contributed by atoms with van der Waals surface area (Å²) in [5.74, 6) is -0.685. The zero-order chi connectivity index (χ0) is 22.3. The van der Waals surface area contributed by atoms with Crippen LogP contribution in [0.4, 0.5) is 10.1 Å². The van der Waals surface area contributed by atoms with Gasteiger partial charge in [-0.1, -0.05) is 30.3 Å². The Morgan fingerprint density at radius 3 is 2.23 bits per heavy atom. The van der Waals surface area contributed by atoms with E-state index >= 15 is 0 Å². The van der Waals surface area contributed by atoms with Gasteiger partial charge in [0.25, 0.3) is 15.9 Å². The number of sulfonamides is 1. The summed E-state index contributed by atoms with van der Waals surface area (Å²) < 4.78 is 45.7. The van der Waals surface area contributed by atoms with Crippen LogP contribution in [-0.4, -0.2) is 39.5 Å². The third-order valence-corrected chi connectivity index (χ3v) is 5.97. The van der Waals surface area contributed by atoms with Gasteiger partial charge in [0.1, 0.15) is 5.82 Å². The number of amides is 1. The van der Waals surface area contributed by atoms with Crippen LogP contribution in [0.2, 0.25) is 0 Å². The molecule has 0 aliphatic carbocycles. The Labute approximate surface area is 181 Å². The maximum atomic E-state index is 13.0. The van der Waals surface area contributed by atoms with Gasteiger partial charge in [0, 0.05) is 31.5 Å². The van der Waals surface area contributed by atoms with E-state index in [0.29, 0.717) is 25.3 Å². The molecule has 6 nitrogen and oxygen atoms in total. The van der Waals surface area contributed by atoms with Gasteiger partial charge >= 0.3 is 0 Å². The molecule has 31 heavy (non-hydrogen) atoms. The number of nitrogens with one attached hydrogen (secondary N) is 1. The molecule has 0 fully saturated rings. The molecule has 1 N–H and O–H groups in total. The molecular formula is C23H23FN2O4S. The largest absolute Gasteiger partial charge is 0.383 e. The van der Waals surface area contributed by atoms with Crippen LogP contribution in [0, 0.1) is 5.82 Å². The highest BCUT2D eigenvalue weighted by Crippen LogP contribution is 2.18. The van der Waals surface area contributed by atoms with E-state index in [0.717, 1.165) is 5.56 Å². The van der Waals surface area contributed by atoms with Crippen LogP contribution in [0.15, 0.2) is 83.8 Å². The first-order chi connectivity index (χ1) is 14.9. The summed E-state index contributed by atoms with van der Waals surface area (Å²) in [7, 11) is -2.30. The van der Waals surface area contributed by atoms with Gasteiger partial charge in [-0.2, -0.15) is 0 Å². The van der Waals surface area contributed by atoms with Gasteiger partial charge in [0.2, 0.25) is 0 Å². The lowest BCUT2D eigenvalue weighted by molar-refractivity contribution is 0.0680. The molecule has 0 saturated heterocycles. The van der Waals surface area contributed by atoms with Gasteiger partial charge in [-0.3, -0.25) is 9.52 Å². The molecule has 0 aromatic heterocycles. The highest BCUT2D eigenvalue weighted by molar-refractivity contribution is 7.92. The Kier molecular flexibility index (Phi) is 7.38. The molecule has 3 aromatic rings. The fourth-order valence-corrected chi connectivity index (χ4v) is 4.01. The Hall–Kier alpha value is -3.23. The number of methoxy groups -OCH3 is 1. The molecule has 0 bridgehead atoms. The lowest BCUT2D eigenvalue weighted by Crippen LogP contribution is -2.33. The van der Waals surface area contributed by atoms with E-state index in [1.807, 2.05) is 30.3 Å². The fraction of sp³-hybridized carbons (Fsp3) is 0.174. The number of benzene rings is 3. The predicted octanol–water partition coefficient (Wildman–Crippen LogP) is 3.92. The van der Waals surface area contributed by atoms with Crippen LogP contribution >= 0.6 is 0 Å². The molecule has 0 aliphatic heterocycles. The smallest absolute Gasteiger partial charge is 0.261 e. The standard InChI is InChI=1S/C23H23FN2O4S/c1-30-16-15-26(17-18-5-3-2-4-6-18)23(27)19-7-13-22(14-8-19)31(28,29)25-21-11-9-20(24)10-12-21/h2-14,25H,15-17H2,1H3. The molecule has 8 heteroatoms. The molecule has 0 heterocycles. The maximum Gasteiger partial charge on any atom is 0.261 e. The third-order valence-electron chi connectivity index (χ3n) is 4.58. The van der Waals surface area contributed by atoms with Crippen molar-refractivity contribution >= 4 is 21.6 Å². The molecule has 3 rings (SSSR count). The molecular weight excluding hydrogens is 419 g/mol. The SMILES string of the molecule is COCCN(Cc1ccccc1)C(=O)c1ccc(S(=O)(=O)Nc2ccc(F)cc2)cc1. The minimum Gasteiger partial charge on any atom is -0.383 e. The van der Waals surface area contributed by atoms with Gasteiger partial charge in [-0.25, -0.2) is 12.8 Å². The summed E-state index contributed by atoms with van der Waals surface area (Å²) in [6, 6.07) is 20.3. The molecule has 0 saturated carbocycles. The zero-order valence-electron chi connectivity index (χ0n) is 17.0. The number of anilines is 1. The second kappa shape index (κ2) is 10.2. The van der Waals surface area contributed by atoms with E-state index in [1.54, 1.807) is 12.0 Å². The van der Waals surface area contributed by atoms with Crippen molar-refractivity contribution in [2.45, 2.75) is 11.4 Å². The summed E-state index contributed by atoms with van der Waals surface area (Å²) in [6.07, 6.45) is 0. The van der Waals surface area contributed by atoms with E-state index in [1.165, 1.54) is 48.5 Å². The van der Waals surface area contributed by atoms with E-state index in [4.69, 9.17) is 4.74 Å². The number of carbonyl (C=O) groups is 1. The van der Waals surface area contributed by atoms with Crippen molar-refractivity contribution in [2.75, 3.05) is 25.0 Å². The Morgan fingerprint density at radius 1 is 0.968 bits per heavy atom. The van der Waals surface area contributed by atoms with E-state index in [2.05, 4.69) is 4.72 Å². The lowest BCUT2D eigenvalue weighted by atomic mass is 10.1. The van der Waals surface area contributed by atoms with Gasteiger partial charge in [-0.05, 0) is 54.1 Å². The number of carbonyl (C=O) groups excluding carboxylic acids is 1. The van der Waals surface area contributed by atoms with Crippen molar-refractivity contribution < 1.29 is 22.3 Å². The van der Waals surface area contributed by atoms with Gasteiger partial charge in [-0.15, -0.1) is 0 Å². The zero-order valence-corrected chi connectivity index (χ0v) is 17.8. The van der Waals surface area contributed by atoms with E-state index in [-0.39, 0.29) is 16.5 Å². The highest BCUT2D eigenvalue weighted by atomic mass is 32.2. The molecule has 0 atom stereocenters. The minimum atomic E-state index is -3.87. The minimum absolute atomic E-state index is 0.000115.